The molecule has 7 nitrogen and oxygen atoms in total. The van der Waals surface area contributed by atoms with Crippen LogP contribution in [0.1, 0.15) is 38.5 Å². The van der Waals surface area contributed by atoms with E-state index in [2.05, 4.69) is 36.3 Å². The van der Waals surface area contributed by atoms with E-state index in [-0.39, 0.29) is 0 Å². The molecule has 7 heteroatoms. The van der Waals surface area contributed by atoms with Gasteiger partial charge in [0.1, 0.15) is 5.82 Å². The van der Waals surface area contributed by atoms with E-state index >= 15 is 0 Å². The number of aromatic nitrogens is 2. The summed E-state index contributed by atoms with van der Waals surface area (Å²) in [4.78, 5) is 8.94. The third-order valence-electron chi connectivity index (χ3n) is 4.28. The number of nitrogens with zero attached hydrogens (tertiary/aromatic N) is 4. The van der Waals surface area contributed by atoms with Gasteiger partial charge < -0.3 is 5.32 Å². The Bertz CT molecular complexity index is 742. The van der Waals surface area contributed by atoms with Gasteiger partial charge in [0.15, 0.2) is 5.82 Å². The first-order valence-corrected chi connectivity index (χ1v) is 8.69. The molecule has 0 aliphatic heterocycles. The number of hydrogen-bond donors (Lipinski definition) is 3. The van der Waals surface area contributed by atoms with Crippen molar-refractivity contribution >= 4 is 34.7 Å². The maximum Gasteiger partial charge on any atom is 0.247 e. The molecular formula is C18H21N7. The second-order valence-electron chi connectivity index (χ2n) is 6.24. The number of benzene rings is 1. The van der Waals surface area contributed by atoms with E-state index in [9.17, 15) is 0 Å². The van der Waals surface area contributed by atoms with Gasteiger partial charge in [-0.3, -0.25) is 5.43 Å². The van der Waals surface area contributed by atoms with Crippen LogP contribution in [0.3, 0.4) is 0 Å². The number of hydrazone groups is 2. The minimum atomic E-state index is 0.455. The molecule has 1 aromatic carbocycles. The first kappa shape index (κ1) is 15.6. The quantitative estimate of drug-likeness (QED) is 0.691. The number of nitrogens with one attached hydrogen (secondary N) is 3. The predicted octanol–water partition coefficient (Wildman–Crippen LogP) is 4.12. The lowest BCUT2D eigenvalue weighted by Crippen LogP contribution is -2.14. The molecule has 128 valence electrons. The molecule has 0 saturated heterocycles. The standard InChI is InChI=1S/C18H21N7/c1-2-6-13(7-3-1)19-16-12-17(24-22-14-8-4-9-14)21-18(20-16)25-23-15-10-5-11-15/h1-3,6-7,12H,4-5,8-11H2,(H3,19,20,21,24,25). The molecule has 1 heterocycles. The van der Waals surface area contributed by atoms with Gasteiger partial charge in [0.25, 0.3) is 0 Å². The molecule has 0 radical (unpaired) electrons. The van der Waals surface area contributed by atoms with Crippen LogP contribution < -0.4 is 16.2 Å². The average molecular weight is 335 g/mol. The van der Waals surface area contributed by atoms with Gasteiger partial charge in [0.2, 0.25) is 5.95 Å². The molecule has 0 bridgehead atoms. The zero-order valence-electron chi connectivity index (χ0n) is 14.0. The molecule has 0 atom stereocenters. The monoisotopic (exact) mass is 335 g/mol. The van der Waals surface area contributed by atoms with Crippen molar-refractivity contribution in [3.05, 3.63) is 36.4 Å². The fourth-order valence-corrected chi connectivity index (χ4v) is 2.45. The van der Waals surface area contributed by atoms with Gasteiger partial charge in [0, 0.05) is 23.2 Å². The van der Waals surface area contributed by atoms with Crippen LogP contribution in [-0.2, 0) is 0 Å². The SMILES string of the molecule is c1ccc(Nc2cc(NN=C3CCC3)nc(NN=C3CCC3)n2)cc1. The molecular weight excluding hydrogens is 314 g/mol. The Hall–Kier alpha value is -2.96. The van der Waals surface area contributed by atoms with Crippen molar-refractivity contribution < 1.29 is 0 Å². The van der Waals surface area contributed by atoms with E-state index in [1.807, 2.05) is 36.4 Å². The summed E-state index contributed by atoms with van der Waals surface area (Å²) in [5, 5.41) is 12.0. The zero-order valence-corrected chi connectivity index (χ0v) is 14.0. The normalized spacial score (nSPS) is 15.7. The smallest absolute Gasteiger partial charge is 0.247 e. The summed E-state index contributed by atoms with van der Waals surface area (Å²) in [5.74, 6) is 1.79. The van der Waals surface area contributed by atoms with Gasteiger partial charge in [0.05, 0.1) is 0 Å². The summed E-state index contributed by atoms with van der Waals surface area (Å²) in [5.41, 5.74) is 9.31. The van der Waals surface area contributed by atoms with Gasteiger partial charge in [-0.2, -0.15) is 20.2 Å². The summed E-state index contributed by atoms with van der Waals surface area (Å²) >= 11 is 0. The summed E-state index contributed by atoms with van der Waals surface area (Å²) in [6.45, 7) is 0. The van der Waals surface area contributed by atoms with Crippen molar-refractivity contribution in [1.29, 1.82) is 0 Å². The molecule has 0 spiro atoms. The van der Waals surface area contributed by atoms with Crippen LogP contribution in [0.5, 0.6) is 0 Å². The maximum atomic E-state index is 4.49. The lowest BCUT2D eigenvalue weighted by Gasteiger charge is -2.16. The highest BCUT2D eigenvalue weighted by Crippen LogP contribution is 2.21. The third kappa shape index (κ3) is 4.12. The van der Waals surface area contributed by atoms with E-state index in [0.717, 1.165) is 37.1 Å². The van der Waals surface area contributed by atoms with E-state index in [0.29, 0.717) is 17.6 Å². The Morgan fingerprint density at radius 2 is 1.40 bits per heavy atom. The molecule has 4 rings (SSSR count). The van der Waals surface area contributed by atoms with Gasteiger partial charge in [-0.05, 0) is 50.7 Å². The first-order chi connectivity index (χ1) is 12.3. The minimum Gasteiger partial charge on any atom is -0.340 e. The fraction of sp³-hybridized carbons (Fsp3) is 0.333. The zero-order chi connectivity index (χ0) is 16.9. The molecule has 2 fully saturated rings. The highest BCUT2D eigenvalue weighted by atomic mass is 15.4. The second kappa shape index (κ2) is 7.29. The van der Waals surface area contributed by atoms with E-state index < -0.39 is 0 Å². The van der Waals surface area contributed by atoms with Crippen LogP contribution >= 0.6 is 0 Å². The van der Waals surface area contributed by atoms with Gasteiger partial charge in [-0.1, -0.05) is 18.2 Å². The number of hydrogen-bond acceptors (Lipinski definition) is 7. The Balaban J connectivity index is 1.54. The topological polar surface area (TPSA) is 86.6 Å². The lowest BCUT2D eigenvalue weighted by molar-refractivity contribution is 0.796. The maximum absolute atomic E-state index is 4.49. The van der Waals surface area contributed by atoms with Crippen LogP contribution in [0.2, 0.25) is 0 Å². The largest absolute Gasteiger partial charge is 0.340 e. The highest BCUT2D eigenvalue weighted by molar-refractivity contribution is 5.90. The highest BCUT2D eigenvalue weighted by Gasteiger charge is 2.12. The first-order valence-electron chi connectivity index (χ1n) is 8.69. The molecule has 2 aliphatic carbocycles. The molecule has 2 aromatic rings. The van der Waals surface area contributed by atoms with E-state index in [1.54, 1.807) is 0 Å². The van der Waals surface area contributed by atoms with Crippen molar-refractivity contribution in [2.45, 2.75) is 38.5 Å². The summed E-state index contributed by atoms with van der Waals surface area (Å²) in [7, 11) is 0. The minimum absolute atomic E-state index is 0.455. The summed E-state index contributed by atoms with van der Waals surface area (Å²) in [6, 6.07) is 11.8. The Labute approximate surface area is 146 Å². The Kier molecular flexibility index (Phi) is 4.54. The van der Waals surface area contributed by atoms with Crippen LogP contribution in [0.25, 0.3) is 0 Å². The van der Waals surface area contributed by atoms with E-state index in [1.165, 1.54) is 18.6 Å². The predicted molar refractivity (Wildman–Crippen MR) is 102 cm³/mol. The Morgan fingerprint density at radius 3 is 2.04 bits per heavy atom. The van der Waals surface area contributed by atoms with Crippen LogP contribution in [0, 0.1) is 0 Å². The molecule has 2 aliphatic rings. The van der Waals surface area contributed by atoms with Crippen molar-refractivity contribution in [3.8, 4) is 0 Å². The molecule has 25 heavy (non-hydrogen) atoms. The Morgan fingerprint density at radius 1 is 0.760 bits per heavy atom. The molecule has 1 aromatic heterocycles. The van der Waals surface area contributed by atoms with Crippen LogP contribution in [-0.4, -0.2) is 21.4 Å². The molecule has 0 amide bonds. The van der Waals surface area contributed by atoms with Crippen LogP contribution in [0.4, 0.5) is 23.3 Å². The summed E-state index contributed by atoms with van der Waals surface area (Å²) in [6.07, 6.45) is 6.65. The second-order valence-corrected chi connectivity index (χ2v) is 6.24. The van der Waals surface area contributed by atoms with Gasteiger partial charge in [-0.25, -0.2) is 5.43 Å². The summed E-state index contributed by atoms with van der Waals surface area (Å²) < 4.78 is 0. The van der Waals surface area contributed by atoms with Crippen molar-refractivity contribution in [1.82, 2.24) is 9.97 Å². The fourth-order valence-electron chi connectivity index (χ4n) is 2.45. The van der Waals surface area contributed by atoms with E-state index in [4.69, 9.17) is 0 Å². The molecule has 2 saturated carbocycles. The number of para-hydroxylation sites is 1. The third-order valence-corrected chi connectivity index (χ3v) is 4.28. The average Bonchev–Trinajstić information content (AvgIpc) is 2.53. The van der Waals surface area contributed by atoms with Crippen molar-refractivity contribution in [2.24, 2.45) is 10.2 Å². The van der Waals surface area contributed by atoms with Crippen LogP contribution in [0.15, 0.2) is 46.6 Å². The molecule has 0 unspecified atom stereocenters. The van der Waals surface area contributed by atoms with Crippen molar-refractivity contribution in [2.75, 3.05) is 16.2 Å². The number of rotatable bonds is 6. The lowest BCUT2D eigenvalue weighted by atomic mass is 9.98. The number of anilines is 4. The molecule has 3 N–H and O–H groups in total. The van der Waals surface area contributed by atoms with Gasteiger partial charge in [-0.15, -0.1) is 0 Å². The van der Waals surface area contributed by atoms with Crippen molar-refractivity contribution in [3.63, 3.8) is 0 Å². The van der Waals surface area contributed by atoms with Gasteiger partial charge >= 0.3 is 0 Å².